The Bertz CT molecular complexity index is 471. The van der Waals surface area contributed by atoms with E-state index in [1.165, 1.54) is 140 Å². The highest BCUT2D eigenvalue weighted by molar-refractivity contribution is 5.29. The van der Waals surface area contributed by atoms with Crippen molar-refractivity contribution in [2.24, 2.45) is 0 Å². The molecule has 0 atom stereocenters. The summed E-state index contributed by atoms with van der Waals surface area (Å²) in [6.45, 7) is 9.21. The van der Waals surface area contributed by atoms with Crippen molar-refractivity contribution in [2.45, 2.75) is 168 Å². The Morgan fingerprint density at radius 2 is 0.750 bits per heavy atom. The number of unbranched alkanes of at least 4 members (excludes halogenated alkanes) is 15. The van der Waals surface area contributed by atoms with E-state index in [4.69, 9.17) is 0 Å². The van der Waals surface area contributed by atoms with Crippen LogP contribution < -0.4 is 0 Å². The molecule has 1 aromatic carbocycles. The molecule has 0 aliphatic rings. The maximum Gasteiger partial charge on any atom is -0.00470 e. The van der Waals surface area contributed by atoms with Gasteiger partial charge in [-0.1, -0.05) is 166 Å². The molecule has 186 valence electrons. The van der Waals surface area contributed by atoms with Crippen LogP contribution in [0.15, 0.2) is 24.3 Å². The zero-order chi connectivity index (χ0) is 23.3. The molecular formula is C32H58. The van der Waals surface area contributed by atoms with Gasteiger partial charge in [-0.15, -0.1) is 0 Å². The molecule has 32 heavy (non-hydrogen) atoms. The van der Waals surface area contributed by atoms with Gasteiger partial charge in [0, 0.05) is 0 Å². The molecule has 0 spiro atoms. The summed E-state index contributed by atoms with van der Waals surface area (Å²) >= 11 is 0. The number of rotatable bonds is 22. The zero-order valence-corrected chi connectivity index (χ0v) is 22.7. The topological polar surface area (TPSA) is 0 Å². The Kier molecular flexibility index (Phi) is 18.0. The Morgan fingerprint density at radius 3 is 1.09 bits per heavy atom. The number of hydrogen-bond acceptors (Lipinski definition) is 0. The first-order chi connectivity index (χ1) is 15.7. The molecule has 0 heteroatoms. The normalized spacial score (nSPS) is 11.9. The Morgan fingerprint density at radius 1 is 0.438 bits per heavy atom. The second kappa shape index (κ2) is 19.7. The molecule has 1 rings (SSSR count). The molecule has 1 aromatic rings. The Hall–Kier alpha value is -0.780. The predicted molar refractivity (Wildman–Crippen MR) is 147 cm³/mol. The number of benzene rings is 1. The van der Waals surface area contributed by atoms with E-state index < -0.39 is 0 Å². The summed E-state index contributed by atoms with van der Waals surface area (Å²) in [6, 6.07) is 9.71. The molecule has 0 amide bonds. The van der Waals surface area contributed by atoms with Crippen LogP contribution in [0.5, 0.6) is 0 Å². The molecule has 0 bridgehead atoms. The highest BCUT2D eigenvalue weighted by atomic mass is 14.3. The Labute approximate surface area is 203 Å². The van der Waals surface area contributed by atoms with Crippen molar-refractivity contribution in [3.8, 4) is 0 Å². The molecule has 0 heterocycles. The minimum Gasteiger partial charge on any atom is -0.0654 e. The summed E-state index contributed by atoms with van der Waals surface area (Å²) in [7, 11) is 0. The fourth-order valence-corrected chi connectivity index (χ4v) is 5.45. The van der Waals surface area contributed by atoms with Crippen LogP contribution in [0.3, 0.4) is 0 Å². The van der Waals surface area contributed by atoms with Crippen molar-refractivity contribution in [3.05, 3.63) is 35.4 Å². The van der Waals surface area contributed by atoms with E-state index in [9.17, 15) is 0 Å². The highest BCUT2D eigenvalue weighted by Gasteiger charge is 2.30. The molecule has 0 unspecified atom stereocenters. The van der Waals surface area contributed by atoms with Crippen LogP contribution in [0.2, 0.25) is 0 Å². The summed E-state index contributed by atoms with van der Waals surface area (Å²) in [5, 5.41) is 0. The summed E-state index contributed by atoms with van der Waals surface area (Å²) < 4.78 is 0. The quantitative estimate of drug-likeness (QED) is 0.157. The van der Waals surface area contributed by atoms with Crippen molar-refractivity contribution in [2.75, 3.05) is 0 Å². The maximum absolute atomic E-state index is 2.49. The van der Waals surface area contributed by atoms with Crippen LogP contribution in [0.25, 0.3) is 0 Å². The molecule has 0 aliphatic heterocycles. The van der Waals surface area contributed by atoms with Gasteiger partial charge in [-0.25, -0.2) is 0 Å². The standard InChI is InChI=1S/C32H58/c1-5-8-11-14-17-20-27-32(28-21-18-15-12-9-6-2,29-22-19-16-13-10-7-3)31-25-23-30(4)24-26-31/h23-26H,5-22,27-29H2,1-4H3. The van der Waals surface area contributed by atoms with Crippen LogP contribution in [-0.4, -0.2) is 0 Å². The van der Waals surface area contributed by atoms with Crippen molar-refractivity contribution in [1.82, 2.24) is 0 Å². The lowest BCUT2D eigenvalue weighted by Crippen LogP contribution is -2.26. The van der Waals surface area contributed by atoms with Crippen molar-refractivity contribution < 1.29 is 0 Å². The van der Waals surface area contributed by atoms with Crippen molar-refractivity contribution in [1.29, 1.82) is 0 Å². The van der Waals surface area contributed by atoms with Crippen LogP contribution >= 0.6 is 0 Å². The third-order valence-corrected chi connectivity index (χ3v) is 7.69. The van der Waals surface area contributed by atoms with E-state index in [-0.39, 0.29) is 0 Å². The summed E-state index contributed by atoms with van der Waals surface area (Å²) in [6.07, 6.45) is 29.7. The maximum atomic E-state index is 2.49. The van der Waals surface area contributed by atoms with Gasteiger partial charge in [0.15, 0.2) is 0 Å². The first-order valence-corrected chi connectivity index (χ1v) is 14.8. The highest BCUT2D eigenvalue weighted by Crippen LogP contribution is 2.41. The summed E-state index contributed by atoms with van der Waals surface area (Å²) in [5.41, 5.74) is 3.48. The van der Waals surface area contributed by atoms with Gasteiger partial charge in [0.1, 0.15) is 0 Å². The first-order valence-electron chi connectivity index (χ1n) is 14.8. The van der Waals surface area contributed by atoms with Gasteiger partial charge in [0.2, 0.25) is 0 Å². The molecule has 0 radical (unpaired) electrons. The molecular weight excluding hydrogens is 384 g/mol. The average Bonchev–Trinajstić information content (AvgIpc) is 2.80. The van der Waals surface area contributed by atoms with Gasteiger partial charge in [-0.05, 0) is 37.2 Å². The molecule has 0 aromatic heterocycles. The third-order valence-electron chi connectivity index (χ3n) is 7.69. The van der Waals surface area contributed by atoms with E-state index in [0.717, 1.165) is 0 Å². The van der Waals surface area contributed by atoms with Gasteiger partial charge in [0.05, 0.1) is 0 Å². The molecule has 0 nitrogen and oxygen atoms in total. The average molecular weight is 443 g/mol. The van der Waals surface area contributed by atoms with Crippen LogP contribution in [0.1, 0.15) is 167 Å². The molecule has 0 saturated heterocycles. The second-order valence-corrected chi connectivity index (χ2v) is 10.7. The van der Waals surface area contributed by atoms with Crippen LogP contribution in [-0.2, 0) is 5.41 Å². The van der Waals surface area contributed by atoms with E-state index in [1.807, 2.05) is 0 Å². The van der Waals surface area contributed by atoms with E-state index in [0.29, 0.717) is 5.41 Å². The lowest BCUT2D eigenvalue weighted by molar-refractivity contribution is 0.299. The van der Waals surface area contributed by atoms with E-state index >= 15 is 0 Å². The lowest BCUT2D eigenvalue weighted by Gasteiger charge is -2.36. The number of hydrogen-bond donors (Lipinski definition) is 0. The Balaban J connectivity index is 2.78. The molecule has 0 aliphatic carbocycles. The number of aryl methyl sites for hydroxylation is 1. The lowest BCUT2D eigenvalue weighted by atomic mass is 9.69. The third kappa shape index (κ3) is 13.1. The summed E-state index contributed by atoms with van der Waals surface area (Å²) in [5.74, 6) is 0. The smallest absolute Gasteiger partial charge is 0.00470 e. The molecule has 0 fully saturated rings. The fraction of sp³-hybridized carbons (Fsp3) is 0.812. The van der Waals surface area contributed by atoms with Gasteiger partial charge >= 0.3 is 0 Å². The van der Waals surface area contributed by atoms with Crippen molar-refractivity contribution in [3.63, 3.8) is 0 Å². The van der Waals surface area contributed by atoms with Crippen LogP contribution in [0.4, 0.5) is 0 Å². The van der Waals surface area contributed by atoms with Gasteiger partial charge < -0.3 is 0 Å². The van der Waals surface area contributed by atoms with Gasteiger partial charge in [-0.3, -0.25) is 0 Å². The van der Waals surface area contributed by atoms with Crippen molar-refractivity contribution >= 4 is 0 Å². The van der Waals surface area contributed by atoms with Crippen LogP contribution in [0, 0.1) is 6.92 Å². The fourth-order valence-electron chi connectivity index (χ4n) is 5.45. The van der Waals surface area contributed by atoms with Gasteiger partial charge in [0.25, 0.3) is 0 Å². The monoisotopic (exact) mass is 442 g/mol. The minimum atomic E-state index is 0.425. The first kappa shape index (κ1) is 29.3. The van der Waals surface area contributed by atoms with Gasteiger partial charge in [-0.2, -0.15) is 0 Å². The predicted octanol–water partition coefficient (Wildman–Crippen LogP) is 11.5. The minimum absolute atomic E-state index is 0.425. The second-order valence-electron chi connectivity index (χ2n) is 10.7. The largest absolute Gasteiger partial charge is 0.0654 e. The zero-order valence-electron chi connectivity index (χ0n) is 22.7. The summed E-state index contributed by atoms with van der Waals surface area (Å²) in [4.78, 5) is 0. The molecule has 0 N–H and O–H groups in total. The SMILES string of the molecule is CCCCCCCCC(CCCCCCCC)(CCCCCCCC)c1ccc(C)cc1. The van der Waals surface area contributed by atoms with E-state index in [1.54, 1.807) is 5.56 Å². The van der Waals surface area contributed by atoms with E-state index in [2.05, 4.69) is 52.0 Å². The molecule has 0 saturated carbocycles.